The number of rotatable bonds is 2. The Morgan fingerprint density at radius 3 is 2.55 bits per heavy atom. The van der Waals surface area contributed by atoms with E-state index < -0.39 is 0 Å². The molecule has 0 spiro atoms. The second kappa shape index (κ2) is 6.52. The normalized spacial score (nSPS) is 12.4. The summed E-state index contributed by atoms with van der Waals surface area (Å²) in [5.74, 6) is 1.56. The van der Waals surface area contributed by atoms with Gasteiger partial charge in [0.1, 0.15) is 24.4 Å². The third kappa shape index (κ3) is 2.40. The van der Waals surface area contributed by atoms with Crippen molar-refractivity contribution in [3.63, 3.8) is 0 Å². The highest BCUT2D eigenvalue weighted by atomic mass is 19.1. The Balaban J connectivity index is 1.86. The summed E-state index contributed by atoms with van der Waals surface area (Å²) in [6, 6.07) is 17.8. The number of nitrogens with zero attached hydrogens (tertiary/aromatic N) is 1. The van der Waals surface area contributed by atoms with Gasteiger partial charge in [0.15, 0.2) is 6.20 Å². The van der Waals surface area contributed by atoms with Gasteiger partial charge in [-0.15, -0.1) is 0 Å². The van der Waals surface area contributed by atoms with Gasteiger partial charge < -0.3 is 4.74 Å². The molecular formula is C28H23FNO+. The van der Waals surface area contributed by atoms with E-state index in [1.165, 1.54) is 28.0 Å². The molecule has 0 bridgehead atoms. The standard InChI is InChI=1S/C28H23FNO/c1-4-8-20-19-11-6-5-10-18(19)16(2)24-27-26-21(13-14-30(27)3)25-17(9-7-12-22(25)29)15-23(26)31-28(20)24/h5-7,9-15H,4,8H2,1-3H3/q+1. The molecule has 6 rings (SSSR count). The van der Waals surface area contributed by atoms with E-state index in [-0.39, 0.29) is 5.82 Å². The molecule has 0 saturated heterocycles. The van der Waals surface area contributed by atoms with E-state index >= 15 is 0 Å². The fourth-order valence-electron chi connectivity index (χ4n) is 5.30. The van der Waals surface area contributed by atoms with E-state index in [0.29, 0.717) is 5.39 Å². The van der Waals surface area contributed by atoms with Gasteiger partial charge in [-0.3, -0.25) is 0 Å². The third-order valence-corrected chi connectivity index (χ3v) is 6.65. The van der Waals surface area contributed by atoms with Crippen molar-refractivity contribution in [2.24, 2.45) is 7.05 Å². The van der Waals surface area contributed by atoms with Crippen LogP contribution < -0.4 is 9.30 Å². The van der Waals surface area contributed by atoms with Gasteiger partial charge in [-0.05, 0) is 47.2 Å². The Hall–Kier alpha value is -3.46. The summed E-state index contributed by atoms with van der Waals surface area (Å²) in [5, 5.41) is 5.90. The minimum absolute atomic E-state index is 0.198. The number of hydrogen-bond donors (Lipinski definition) is 0. The lowest BCUT2D eigenvalue weighted by atomic mass is 9.87. The van der Waals surface area contributed by atoms with Crippen molar-refractivity contribution < 1.29 is 13.7 Å². The zero-order chi connectivity index (χ0) is 21.3. The largest absolute Gasteiger partial charge is 0.455 e. The van der Waals surface area contributed by atoms with Gasteiger partial charge in [-0.25, -0.2) is 8.96 Å². The summed E-state index contributed by atoms with van der Waals surface area (Å²) >= 11 is 0. The fraction of sp³-hybridized carbons (Fsp3) is 0.179. The van der Waals surface area contributed by atoms with Crippen molar-refractivity contribution in [1.82, 2.24) is 0 Å². The molecule has 31 heavy (non-hydrogen) atoms. The maximum absolute atomic E-state index is 14.9. The van der Waals surface area contributed by atoms with Crippen LogP contribution in [0.4, 0.5) is 4.39 Å². The highest BCUT2D eigenvalue weighted by molar-refractivity contribution is 6.16. The van der Waals surface area contributed by atoms with Crippen LogP contribution in [0.1, 0.15) is 24.5 Å². The quantitative estimate of drug-likeness (QED) is 0.219. The number of halogens is 1. The van der Waals surface area contributed by atoms with E-state index in [0.717, 1.165) is 51.8 Å². The number of pyridine rings is 1. The van der Waals surface area contributed by atoms with Gasteiger partial charge in [0.25, 0.3) is 0 Å². The van der Waals surface area contributed by atoms with Gasteiger partial charge in [-0.2, -0.15) is 0 Å². The summed E-state index contributed by atoms with van der Waals surface area (Å²) in [6.07, 6.45) is 4.02. The van der Waals surface area contributed by atoms with Crippen molar-refractivity contribution in [3.8, 4) is 22.8 Å². The molecular weight excluding hydrogens is 385 g/mol. The molecule has 5 aromatic rings. The minimum Gasteiger partial charge on any atom is -0.455 e. The number of aromatic nitrogens is 1. The first-order chi connectivity index (χ1) is 15.1. The highest BCUT2D eigenvalue weighted by Crippen LogP contribution is 2.52. The molecule has 0 N–H and O–H groups in total. The highest BCUT2D eigenvalue weighted by Gasteiger charge is 2.33. The number of hydrogen-bond acceptors (Lipinski definition) is 1. The van der Waals surface area contributed by atoms with Crippen LogP contribution >= 0.6 is 0 Å². The summed E-state index contributed by atoms with van der Waals surface area (Å²) < 4.78 is 23.7. The molecule has 0 radical (unpaired) electrons. The van der Waals surface area contributed by atoms with Crippen LogP contribution in [0.15, 0.2) is 60.8 Å². The molecule has 0 aliphatic carbocycles. The average molecular weight is 408 g/mol. The summed E-state index contributed by atoms with van der Waals surface area (Å²) in [7, 11) is 2.06. The summed E-state index contributed by atoms with van der Waals surface area (Å²) in [4.78, 5) is 0. The van der Waals surface area contributed by atoms with Crippen LogP contribution in [0.5, 0.6) is 11.5 Å². The third-order valence-electron chi connectivity index (χ3n) is 6.65. The van der Waals surface area contributed by atoms with E-state index in [1.54, 1.807) is 6.07 Å². The van der Waals surface area contributed by atoms with Crippen LogP contribution in [-0.4, -0.2) is 0 Å². The number of fused-ring (bicyclic) bond motifs is 5. The molecule has 152 valence electrons. The monoisotopic (exact) mass is 408 g/mol. The SMILES string of the molecule is CCCc1c2c(c(C)c3ccccc13)-c1c3c(cc4cccc(F)c4c3cc[n+]1C)O2. The van der Waals surface area contributed by atoms with Crippen LogP contribution in [0.3, 0.4) is 0 Å². The molecule has 4 aromatic carbocycles. The predicted octanol–water partition coefficient (Wildman–Crippen LogP) is 7.14. The maximum Gasteiger partial charge on any atom is 0.228 e. The molecule has 2 heterocycles. The summed E-state index contributed by atoms with van der Waals surface area (Å²) in [6.45, 7) is 4.38. The zero-order valence-corrected chi connectivity index (χ0v) is 17.9. The smallest absolute Gasteiger partial charge is 0.228 e. The number of aryl methyl sites for hydroxylation is 3. The molecule has 1 aliphatic rings. The molecule has 3 heteroatoms. The Labute approximate surface area is 180 Å². The van der Waals surface area contributed by atoms with Gasteiger partial charge in [-0.1, -0.05) is 49.7 Å². The van der Waals surface area contributed by atoms with Crippen LogP contribution in [0.2, 0.25) is 0 Å². The Morgan fingerprint density at radius 2 is 1.74 bits per heavy atom. The van der Waals surface area contributed by atoms with Crippen molar-refractivity contribution in [1.29, 1.82) is 0 Å². The number of ether oxygens (including phenoxy) is 1. The van der Waals surface area contributed by atoms with Crippen LogP contribution in [0.25, 0.3) is 43.6 Å². The van der Waals surface area contributed by atoms with Crippen molar-refractivity contribution in [2.75, 3.05) is 0 Å². The average Bonchev–Trinajstić information content (AvgIpc) is 2.78. The van der Waals surface area contributed by atoms with Crippen molar-refractivity contribution in [3.05, 3.63) is 77.7 Å². The second-order valence-corrected chi connectivity index (χ2v) is 8.48. The van der Waals surface area contributed by atoms with E-state index in [1.807, 2.05) is 24.4 Å². The topological polar surface area (TPSA) is 13.1 Å². The first-order valence-electron chi connectivity index (χ1n) is 10.9. The van der Waals surface area contributed by atoms with Gasteiger partial charge in [0.2, 0.25) is 5.69 Å². The maximum atomic E-state index is 14.9. The molecule has 1 aliphatic heterocycles. The van der Waals surface area contributed by atoms with Gasteiger partial charge >= 0.3 is 0 Å². The van der Waals surface area contributed by atoms with Gasteiger partial charge in [0.05, 0.1) is 10.9 Å². The minimum atomic E-state index is -0.198. The Morgan fingerprint density at radius 1 is 0.935 bits per heavy atom. The molecule has 0 fully saturated rings. The number of benzene rings is 4. The first-order valence-corrected chi connectivity index (χ1v) is 10.9. The zero-order valence-electron chi connectivity index (χ0n) is 17.9. The van der Waals surface area contributed by atoms with Crippen molar-refractivity contribution in [2.45, 2.75) is 26.7 Å². The predicted molar refractivity (Wildman–Crippen MR) is 124 cm³/mol. The second-order valence-electron chi connectivity index (χ2n) is 8.48. The van der Waals surface area contributed by atoms with E-state index in [4.69, 9.17) is 4.74 Å². The van der Waals surface area contributed by atoms with E-state index in [2.05, 4.69) is 49.7 Å². The Bertz CT molecular complexity index is 1550. The molecule has 0 amide bonds. The lowest BCUT2D eigenvalue weighted by Crippen LogP contribution is -2.32. The lowest BCUT2D eigenvalue weighted by molar-refractivity contribution is -0.659. The molecule has 1 aromatic heterocycles. The van der Waals surface area contributed by atoms with Gasteiger partial charge in [0, 0.05) is 22.4 Å². The lowest BCUT2D eigenvalue weighted by Gasteiger charge is -2.25. The first kappa shape index (κ1) is 18.3. The molecule has 0 saturated carbocycles. The van der Waals surface area contributed by atoms with E-state index in [9.17, 15) is 4.39 Å². The fourth-order valence-corrected chi connectivity index (χ4v) is 5.30. The molecule has 0 unspecified atom stereocenters. The Kier molecular flexibility index (Phi) is 3.85. The molecule has 2 nitrogen and oxygen atoms in total. The molecule has 0 atom stereocenters. The van der Waals surface area contributed by atoms with Crippen LogP contribution in [-0.2, 0) is 13.5 Å². The van der Waals surface area contributed by atoms with Crippen LogP contribution in [0, 0.1) is 12.7 Å². The van der Waals surface area contributed by atoms with Crippen molar-refractivity contribution >= 4 is 32.3 Å². The summed E-state index contributed by atoms with van der Waals surface area (Å²) in [5.41, 5.74) is 4.67.